The maximum atomic E-state index is 10.3. The molecule has 0 rings (SSSR count). The van der Waals surface area contributed by atoms with Crippen molar-refractivity contribution in [2.75, 3.05) is 6.67 Å². The van der Waals surface area contributed by atoms with Gasteiger partial charge in [-0.1, -0.05) is 0 Å². The fourth-order valence-electron chi connectivity index (χ4n) is 0.113. The summed E-state index contributed by atoms with van der Waals surface area (Å²) in [6.07, 6.45) is 0. The van der Waals surface area contributed by atoms with Gasteiger partial charge in [0.2, 0.25) is 0 Å². The van der Waals surface area contributed by atoms with E-state index < -0.39 is 4.17 Å². The first-order chi connectivity index (χ1) is 3.18. The highest BCUT2D eigenvalue weighted by Crippen LogP contribution is 1.74. The normalized spacial score (nSPS) is 18.9. The average molecular weight is 217 g/mol. The molecule has 5 heteroatoms. The number of quaternary nitrogens is 1. The molecule has 2 atom stereocenters. The van der Waals surface area contributed by atoms with E-state index in [0.717, 1.165) is 0 Å². The lowest BCUT2D eigenvalue weighted by Crippen LogP contribution is -3.13. The summed E-state index contributed by atoms with van der Waals surface area (Å²) in [4.78, 5) is 0. The van der Waals surface area contributed by atoms with E-state index >= 15 is 0 Å². The van der Waals surface area contributed by atoms with E-state index in [1.54, 1.807) is 0 Å². The Labute approximate surface area is 55.6 Å². The quantitative estimate of drug-likeness (QED) is 0.164. The van der Waals surface area contributed by atoms with E-state index in [1.807, 2.05) is 22.6 Å². The van der Waals surface area contributed by atoms with E-state index in [4.69, 9.17) is 11.5 Å². The van der Waals surface area contributed by atoms with Gasteiger partial charge in [0.15, 0.2) is 4.17 Å². The van der Waals surface area contributed by atoms with Crippen molar-refractivity contribution >= 4 is 22.6 Å². The molecule has 0 amide bonds. The lowest BCUT2D eigenvalue weighted by molar-refractivity contribution is -0.853. The molecule has 0 fully saturated rings. The molecule has 0 aliphatic heterocycles. The minimum Gasteiger partial charge on any atom is -0.632 e. The molecule has 0 radical (unpaired) electrons. The highest BCUT2D eigenvalue weighted by atomic mass is 127. The largest absolute Gasteiger partial charge is 0.632 e. The van der Waals surface area contributed by atoms with Gasteiger partial charge < -0.3 is 10.3 Å². The molecular weight excluding hydrogens is 209 g/mol. The fraction of sp³-hybridized carbons (Fsp3) is 1.00. The van der Waals surface area contributed by atoms with Crippen molar-refractivity contribution in [3.63, 3.8) is 0 Å². The number of hydrogen-bond donors (Lipinski definition) is 3. The molecule has 0 aromatic heterocycles. The number of alkyl halides is 1. The molecule has 0 saturated carbocycles. The van der Waals surface area contributed by atoms with E-state index in [-0.39, 0.29) is 11.7 Å². The Hall–Kier alpha value is 0.570. The molecule has 5 N–H and O–H groups in total. The Morgan fingerprint density at radius 3 is 2.29 bits per heavy atom. The Kier molecular flexibility index (Phi) is 3.85. The zero-order chi connectivity index (χ0) is 5.86. The second kappa shape index (κ2) is 3.56. The van der Waals surface area contributed by atoms with E-state index in [0.29, 0.717) is 0 Å². The van der Waals surface area contributed by atoms with Crippen LogP contribution in [0.5, 0.6) is 0 Å². The summed E-state index contributed by atoms with van der Waals surface area (Å²) >= 11 is 1.82. The summed E-state index contributed by atoms with van der Waals surface area (Å²) in [6.45, 7) is 0.0457. The van der Waals surface area contributed by atoms with Crippen LogP contribution in [0.1, 0.15) is 0 Å². The molecule has 0 aliphatic carbocycles. The molecular formula is C2H8IN3O. The van der Waals surface area contributed by atoms with Crippen LogP contribution in [-0.4, -0.2) is 10.8 Å². The molecule has 0 aromatic carbocycles. The molecule has 7 heavy (non-hydrogen) atoms. The van der Waals surface area contributed by atoms with Gasteiger partial charge in [-0.25, -0.2) is 0 Å². The number of hydrogen-bond acceptors (Lipinski definition) is 3. The van der Waals surface area contributed by atoms with Crippen LogP contribution in [0.4, 0.5) is 0 Å². The van der Waals surface area contributed by atoms with Crippen LogP contribution in [0.3, 0.4) is 0 Å². The van der Waals surface area contributed by atoms with E-state index in [9.17, 15) is 5.21 Å². The molecule has 0 aliphatic rings. The second-order valence-electron chi connectivity index (χ2n) is 1.07. The van der Waals surface area contributed by atoms with Gasteiger partial charge in [0.1, 0.15) is 6.67 Å². The first-order valence-electron chi connectivity index (χ1n) is 1.81. The van der Waals surface area contributed by atoms with Crippen LogP contribution in [0.2, 0.25) is 0 Å². The third-order valence-corrected chi connectivity index (χ3v) is 1.20. The van der Waals surface area contributed by atoms with Gasteiger partial charge in [-0.2, -0.15) is 0 Å². The number of nitrogens with two attached hydrogens (primary N) is 2. The predicted octanol–water partition coefficient (Wildman–Crippen LogP) is -2.04. The minimum absolute atomic E-state index is 0.0457. The Morgan fingerprint density at radius 2 is 2.29 bits per heavy atom. The standard InChI is InChI=1S/C2H8IN3O/c3-2(5)6(7)1-4/h2,6H,1,4-5H2. The molecule has 0 saturated heterocycles. The van der Waals surface area contributed by atoms with Gasteiger partial charge in [-0.3, -0.25) is 11.5 Å². The number of nitrogens with one attached hydrogen (secondary N) is 1. The molecule has 0 bridgehead atoms. The van der Waals surface area contributed by atoms with Crippen LogP contribution in [0, 0.1) is 5.21 Å². The second-order valence-corrected chi connectivity index (χ2v) is 2.41. The number of halogens is 1. The van der Waals surface area contributed by atoms with Crippen LogP contribution in [-0.2, 0) is 0 Å². The zero-order valence-corrected chi connectivity index (χ0v) is 5.88. The van der Waals surface area contributed by atoms with Crippen molar-refractivity contribution in [1.82, 2.24) is 0 Å². The van der Waals surface area contributed by atoms with Gasteiger partial charge in [-0.15, -0.1) is 0 Å². The summed E-state index contributed by atoms with van der Waals surface area (Å²) in [7, 11) is 0. The summed E-state index contributed by atoms with van der Waals surface area (Å²) in [6, 6.07) is 0. The molecule has 0 spiro atoms. The number of rotatable bonds is 2. The van der Waals surface area contributed by atoms with Crippen LogP contribution < -0.4 is 16.5 Å². The van der Waals surface area contributed by atoms with Gasteiger partial charge in [0.25, 0.3) is 0 Å². The van der Waals surface area contributed by atoms with Crippen LogP contribution >= 0.6 is 22.6 Å². The van der Waals surface area contributed by atoms with Gasteiger partial charge >= 0.3 is 0 Å². The summed E-state index contributed by atoms with van der Waals surface area (Å²) < 4.78 is -0.428. The first kappa shape index (κ1) is 7.57. The highest BCUT2D eigenvalue weighted by Gasteiger charge is 1.97. The summed E-state index contributed by atoms with van der Waals surface area (Å²) in [5, 5.41) is 10.1. The Bertz CT molecular complexity index is 50.2. The monoisotopic (exact) mass is 217 g/mol. The van der Waals surface area contributed by atoms with Gasteiger partial charge in [-0.05, 0) is 0 Å². The Balaban J connectivity index is 3.14. The van der Waals surface area contributed by atoms with E-state index in [1.165, 1.54) is 0 Å². The number of hydroxylamine groups is 2. The predicted molar refractivity (Wildman–Crippen MR) is 35.4 cm³/mol. The topological polar surface area (TPSA) is 79.5 Å². The SMILES string of the molecule is NC[NH+]([O-])C(N)I. The maximum Gasteiger partial charge on any atom is 0.190 e. The Morgan fingerprint density at radius 1 is 1.86 bits per heavy atom. The molecule has 44 valence electrons. The van der Waals surface area contributed by atoms with Gasteiger partial charge in [0.05, 0.1) is 0 Å². The van der Waals surface area contributed by atoms with E-state index in [2.05, 4.69) is 0 Å². The first-order valence-corrected chi connectivity index (χ1v) is 3.05. The minimum atomic E-state index is -0.428. The average Bonchev–Trinajstić information content (AvgIpc) is 1.65. The van der Waals surface area contributed by atoms with Crippen LogP contribution in [0.25, 0.3) is 0 Å². The molecule has 4 nitrogen and oxygen atoms in total. The van der Waals surface area contributed by atoms with Crippen molar-refractivity contribution < 1.29 is 5.06 Å². The van der Waals surface area contributed by atoms with Crippen molar-refractivity contribution in [3.8, 4) is 0 Å². The highest BCUT2D eigenvalue weighted by molar-refractivity contribution is 14.1. The zero-order valence-electron chi connectivity index (χ0n) is 3.73. The van der Waals surface area contributed by atoms with Crippen LogP contribution in [0.15, 0.2) is 0 Å². The smallest absolute Gasteiger partial charge is 0.190 e. The van der Waals surface area contributed by atoms with Crippen molar-refractivity contribution in [2.24, 2.45) is 11.5 Å². The summed E-state index contributed by atoms with van der Waals surface area (Å²) in [5.41, 5.74) is 10.0. The lowest BCUT2D eigenvalue weighted by atomic mass is 11.0. The third kappa shape index (κ3) is 3.18. The van der Waals surface area contributed by atoms with Crippen molar-refractivity contribution in [3.05, 3.63) is 5.21 Å². The molecule has 2 unspecified atom stereocenters. The third-order valence-electron chi connectivity index (χ3n) is 0.509. The molecule has 0 heterocycles. The van der Waals surface area contributed by atoms with Gasteiger partial charge in [0, 0.05) is 22.6 Å². The van der Waals surface area contributed by atoms with Crippen molar-refractivity contribution in [2.45, 2.75) is 4.17 Å². The molecule has 0 aromatic rings. The summed E-state index contributed by atoms with van der Waals surface area (Å²) in [5.74, 6) is 0. The lowest BCUT2D eigenvalue weighted by Gasteiger charge is -2.21. The van der Waals surface area contributed by atoms with Crippen molar-refractivity contribution in [1.29, 1.82) is 0 Å². The maximum absolute atomic E-state index is 10.3. The fourth-order valence-corrected chi connectivity index (χ4v) is 0.367.